The number of ether oxygens (including phenoxy) is 1. The molecule has 2 rings (SSSR count). The molecule has 5 heteroatoms. The quantitative estimate of drug-likeness (QED) is 0.414. The molecule has 1 aromatic heterocycles. The third-order valence-corrected chi connectivity index (χ3v) is 2.43. The molecule has 0 radical (unpaired) electrons. The third-order valence-electron chi connectivity index (χ3n) is 2.43. The van der Waals surface area contributed by atoms with Gasteiger partial charge in [0.25, 0.3) is 5.78 Å². The Balaban J connectivity index is 2.23. The number of imidazole rings is 1. The van der Waals surface area contributed by atoms with Crippen molar-refractivity contribution >= 4 is 11.8 Å². The van der Waals surface area contributed by atoms with Gasteiger partial charge in [-0.3, -0.25) is 4.79 Å². The molecule has 1 aromatic rings. The highest BCUT2D eigenvalue weighted by atomic mass is 16.5. The Hall–Kier alpha value is -1.65. The standard InChI is InChI=1S/C10H12N2O3/c1-2-15-10(14)9(13)8-7-4-3-5-12(7)6-11-8/h6H,2-5H2,1H3. The maximum absolute atomic E-state index is 11.6. The van der Waals surface area contributed by atoms with Crippen molar-refractivity contribution in [1.82, 2.24) is 9.55 Å². The molecule has 0 saturated heterocycles. The highest BCUT2D eigenvalue weighted by Crippen LogP contribution is 2.18. The number of fused-ring (bicyclic) bond motifs is 1. The first-order valence-corrected chi connectivity index (χ1v) is 4.99. The average molecular weight is 208 g/mol. The van der Waals surface area contributed by atoms with Gasteiger partial charge in [0.2, 0.25) is 0 Å². The largest absolute Gasteiger partial charge is 0.460 e. The van der Waals surface area contributed by atoms with Gasteiger partial charge < -0.3 is 9.30 Å². The summed E-state index contributed by atoms with van der Waals surface area (Å²) in [5.41, 5.74) is 1.11. The van der Waals surface area contributed by atoms with E-state index in [0.29, 0.717) is 0 Å². The van der Waals surface area contributed by atoms with Gasteiger partial charge in [-0.25, -0.2) is 9.78 Å². The van der Waals surface area contributed by atoms with Crippen LogP contribution in [0, 0.1) is 0 Å². The summed E-state index contributed by atoms with van der Waals surface area (Å²) in [4.78, 5) is 26.8. The van der Waals surface area contributed by atoms with E-state index in [-0.39, 0.29) is 12.3 Å². The molecule has 1 aliphatic rings. The van der Waals surface area contributed by atoms with Gasteiger partial charge in [0.15, 0.2) is 0 Å². The van der Waals surface area contributed by atoms with Crippen LogP contribution >= 0.6 is 0 Å². The molecular formula is C10H12N2O3. The van der Waals surface area contributed by atoms with Crippen molar-refractivity contribution in [2.24, 2.45) is 0 Å². The van der Waals surface area contributed by atoms with Crippen LogP contribution in [0.1, 0.15) is 29.5 Å². The summed E-state index contributed by atoms with van der Waals surface area (Å²) >= 11 is 0. The van der Waals surface area contributed by atoms with Gasteiger partial charge in [-0.05, 0) is 19.8 Å². The van der Waals surface area contributed by atoms with E-state index in [0.717, 1.165) is 25.1 Å². The zero-order valence-electron chi connectivity index (χ0n) is 8.52. The summed E-state index contributed by atoms with van der Waals surface area (Å²) < 4.78 is 6.56. The van der Waals surface area contributed by atoms with Gasteiger partial charge in [-0.1, -0.05) is 0 Å². The van der Waals surface area contributed by atoms with E-state index < -0.39 is 11.8 Å². The van der Waals surface area contributed by atoms with E-state index in [1.807, 2.05) is 4.57 Å². The minimum atomic E-state index is -0.814. The van der Waals surface area contributed by atoms with E-state index >= 15 is 0 Å². The lowest BCUT2D eigenvalue weighted by Gasteiger charge is -1.99. The Bertz CT molecular complexity index is 409. The number of ketones is 1. The normalized spacial score (nSPS) is 13.7. The Morgan fingerprint density at radius 3 is 3.13 bits per heavy atom. The molecule has 0 atom stereocenters. The second-order valence-corrected chi connectivity index (χ2v) is 3.39. The lowest BCUT2D eigenvalue weighted by atomic mass is 10.2. The molecule has 0 saturated carbocycles. The van der Waals surface area contributed by atoms with Crippen LogP contribution in [0.25, 0.3) is 0 Å². The van der Waals surface area contributed by atoms with Crippen molar-refractivity contribution in [3.05, 3.63) is 17.7 Å². The van der Waals surface area contributed by atoms with Crippen LogP contribution in [-0.2, 0) is 22.5 Å². The number of aryl methyl sites for hydroxylation is 1. The monoisotopic (exact) mass is 208 g/mol. The molecule has 0 aliphatic carbocycles. The summed E-state index contributed by atoms with van der Waals surface area (Å²) in [7, 11) is 0. The van der Waals surface area contributed by atoms with E-state index in [4.69, 9.17) is 0 Å². The van der Waals surface area contributed by atoms with Crippen LogP contribution in [0.4, 0.5) is 0 Å². The Morgan fingerprint density at radius 1 is 1.60 bits per heavy atom. The SMILES string of the molecule is CCOC(=O)C(=O)c1ncn2c1CCC2. The smallest absolute Gasteiger partial charge is 0.381 e. The van der Waals surface area contributed by atoms with Crippen LogP contribution in [-0.4, -0.2) is 27.9 Å². The van der Waals surface area contributed by atoms with Crippen molar-refractivity contribution in [3.8, 4) is 0 Å². The summed E-state index contributed by atoms with van der Waals surface area (Å²) in [5.74, 6) is -1.45. The number of aromatic nitrogens is 2. The first-order chi connectivity index (χ1) is 7.24. The highest BCUT2D eigenvalue weighted by Gasteiger charge is 2.26. The molecule has 0 unspecified atom stereocenters. The second kappa shape index (κ2) is 3.84. The fourth-order valence-corrected chi connectivity index (χ4v) is 1.76. The Kier molecular flexibility index (Phi) is 2.53. The fourth-order valence-electron chi connectivity index (χ4n) is 1.76. The van der Waals surface area contributed by atoms with E-state index in [1.54, 1.807) is 13.3 Å². The molecule has 0 N–H and O–H groups in total. The first kappa shape index (κ1) is 9.89. The van der Waals surface area contributed by atoms with E-state index in [2.05, 4.69) is 9.72 Å². The van der Waals surface area contributed by atoms with Crippen molar-refractivity contribution in [2.75, 3.05) is 6.61 Å². The molecule has 1 aliphatic heterocycles. The average Bonchev–Trinajstić information content (AvgIpc) is 2.77. The number of carbonyl (C=O) groups is 2. The number of carbonyl (C=O) groups excluding carboxylic acids is 2. The summed E-state index contributed by atoms with van der Waals surface area (Å²) in [5, 5.41) is 0. The van der Waals surface area contributed by atoms with Crippen molar-refractivity contribution in [1.29, 1.82) is 0 Å². The Labute approximate surface area is 87.1 Å². The predicted molar refractivity (Wildman–Crippen MR) is 51.5 cm³/mol. The zero-order chi connectivity index (χ0) is 10.8. The number of nitrogens with zero attached hydrogens (tertiary/aromatic N) is 2. The second-order valence-electron chi connectivity index (χ2n) is 3.39. The molecule has 0 bridgehead atoms. The summed E-state index contributed by atoms with van der Waals surface area (Å²) in [6.45, 7) is 2.75. The van der Waals surface area contributed by atoms with Gasteiger partial charge in [0, 0.05) is 12.2 Å². The molecule has 0 fully saturated rings. The van der Waals surface area contributed by atoms with Crippen LogP contribution in [0.5, 0.6) is 0 Å². The van der Waals surface area contributed by atoms with Crippen molar-refractivity contribution in [3.63, 3.8) is 0 Å². The Morgan fingerprint density at radius 2 is 2.40 bits per heavy atom. The molecule has 0 amide bonds. The van der Waals surface area contributed by atoms with Gasteiger partial charge >= 0.3 is 5.97 Å². The summed E-state index contributed by atoms with van der Waals surface area (Å²) in [6, 6.07) is 0. The van der Waals surface area contributed by atoms with Gasteiger partial charge in [-0.15, -0.1) is 0 Å². The number of hydrogen-bond donors (Lipinski definition) is 0. The van der Waals surface area contributed by atoms with Crippen LogP contribution in [0.3, 0.4) is 0 Å². The van der Waals surface area contributed by atoms with Crippen LogP contribution in [0.2, 0.25) is 0 Å². The minimum Gasteiger partial charge on any atom is -0.460 e. The third kappa shape index (κ3) is 1.65. The number of rotatable bonds is 3. The van der Waals surface area contributed by atoms with Crippen molar-refractivity contribution < 1.29 is 14.3 Å². The van der Waals surface area contributed by atoms with Crippen LogP contribution < -0.4 is 0 Å². The molecule has 0 aromatic carbocycles. The lowest BCUT2D eigenvalue weighted by Crippen LogP contribution is -2.19. The van der Waals surface area contributed by atoms with Crippen molar-refractivity contribution in [2.45, 2.75) is 26.3 Å². The maximum Gasteiger partial charge on any atom is 0.381 e. The van der Waals surface area contributed by atoms with Gasteiger partial charge in [0.05, 0.1) is 12.9 Å². The molecule has 5 nitrogen and oxygen atoms in total. The first-order valence-electron chi connectivity index (χ1n) is 4.99. The zero-order valence-corrected chi connectivity index (χ0v) is 8.52. The van der Waals surface area contributed by atoms with E-state index in [9.17, 15) is 9.59 Å². The lowest BCUT2D eigenvalue weighted by molar-refractivity contribution is -0.137. The predicted octanol–water partition coefficient (Wildman–Crippen LogP) is 0.575. The number of esters is 1. The number of Topliss-reactive ketones (excluding diaryl/α,β-unsaturated/α-hetero) is 1. The fraction of sp³-hybridized carbons (Fsp3) is 0.500. The highest BCUT2D eigenvalue weighted by molar-refractivity contribution is 6.40. The van der Waals surface area contributed by atoms with Crippen LogP contribution in [0.15, 0.2) is 6.33 Å². The maximum atomic E-state index is 11.6. The molecule has 0 spiro atoms. The molecule has 2 heterocycles. The van der Waals surface area contributed by atoms with E-state index in [1.165, 1.54) is 0 Å². The van der Waals surface area contributed by atoms with Gasteiger partial charge in [0.1, 0.15) is 5.69 Å². The summed E-state index contributed by atoms with van der Waals surface area (Å²) in [6.07, 6.45) is 3.41. The van der Waals surface area contributed by atoms with Gasteiger partial charge in [-0.2, -0.15) is 0 Å². The molecular weight excluding hydrogens is 196 g/mol. The molecule has 80 valence electrons. The molecule has 15 heavy (non-hydrogen) atoms. The number of hydrogen-bond acceptors (Lipinski definition) is 4. The minimum absolute atomic E-state index is 0.209. The topological polar surface area (TPSA) is 61.2 Å².